The van der Waals surface area contributed by atoms with E-state index in [0.717, 1.165) is 0 Å². The molecule has 1 aliphatic rings. The van der Waals surface area contributed by atoms with E-state index in [4.69, 9.17) is 0 Å². The Kier molecular flexibility index (Phi) is 3.65. The molecule has 2 aromatic rings. The maximum Gasteiger partial charge on any atom is 0.280 e. The van der Waals surface area contributed by atoms with Crippen molar-refractivity contribution in [3.63, 3.8) is 0 Å². The van der Waals surface area contributed by atoms with Gasteiger partial charge in [-0.3, -0.25) is 4.79 Å². The number of azo groups is 1. The Labute approximate surface area is 127 Å². The first-order chi connectivity index (χ1) is 10.6. The zero-order valence-electron chi connectivity index (χ0n) is 11.9. The van der Waals surface area contributed by atoms with E-state index in [1.165, 1.54) is 17.1 Å². The number of anilines is 1. The fraction of sp³-hybridized carbons (Fsp3) is 0.125. The average molecular weight is 294 g/mol. The number of aromatic hydroxyl groups is 1. The molecule has 0 aromatic heterocycles. The molecule has 6 nitrogen and oxygen atoms in total. The van der Waals surface area contributed by atoms with Crippen LogP contribution in [0.1, 0.15) is 6.92 Å². The summed E-state index contributed by atoms with van der Waals surface area (Å²) in [5, 5.41) is 23.0. The molecule has 1 aliphatic heterocycles. The van der Waals surface area contributed by atoms with Crippen molar-refractivity contribution in [3.8, 4) is 5.75 Å². The van der Waals surface area contributed by atoms with E-state index in [0.29, 0.717) is 17.1 Å². The molecule has 0 radical (unpaired) electrons. The molecule has 2 aromatic carbocycles. The number of hydrogen-bond donors (Lipinski definition) is 1. The van der Waals surface area contributed by atoms with Crippen molar-refractivity contribution in [3.05, 3.63) is 54.6 Å². The first-order valence-electron chi connectivity index (χ1n) is 6.79. The van der Waals surface area contributed by atoms with Gasteiger partial charge in [-0.1, -0.05) is 18.2 Å². The Balaban J connectivity index is 1.80. The second-order valence-electron chi connectivity index (χ2n) is 4.86. The fourth-order valence-electron chi connectivity index (χ4n) is 2.09. The SMILES string of the molecule is CC1=NN(c2ccccc2)C(=O)[C@H]1N=Nc1ccc(O)cc1. The van der Waals surface area contributed by atoms with Gasteiger partial charge >= 0.3 is 0 Å². The fourth-order valence-corrected chi connectivity index (χ4v) is 2.09. The zero-order valence-corrected chi connectivity index (χ0v) is 11.9. The lowest BCUT2D eigenvalue weighted by molar-refractivity contribution is -0.117. The molecule has 22 heavy (non-hydrogen) atoms. The number of hydrogen-bond acceptors (Lipinski definition) is 5. The summed E-state index contributed by atoms with van der Waals surface area (Å²) in [4.78, 5) is 12.4. The minimum Gasteiger partial charge on any atom is -0.508 e. The van der Waals surface area contributed by atoms with Gasteiger partial charge in [0.25, 0.3) is 5.91 Å². The van der Waals surface area contributed by atoms with Crippen LogP contribution in [-0.4, -0.2) is 22.8 Å². The summed E-state index contributed by atoms with van der Waals surface area (Å²) in [7, 11) is 0. The van der Waals surface area contributed by atoms with Gasteiger partial charge in [0, 0.05) is 0 Å². The lowest BCUT2D eigenvalue weighted by Gasteiger charge is -2.11. The maximum atomic E-state index is 12.4. The maximum absolute atomic E-state index is 12.4. The Hall–Kier alpha value is -3.02. The number of phenolic OH excluding ortho intramolecular Hbond substituents is 1. The van der Waals surface area contributed by atoms with Crippen LogP contribution in [0.2, 0.25) is 0 Å². The molecular formula is C16H14N4O2. The topological polar surface area (TPSA) is 77.6 Å². The van der Waals surface area contributed by atoms with Gasteiger partial charge < -0.3 is 5.11 Å². The molecular weight excluding hydrogens is 280 g/mol. The molecule has 1 atom stereocenters. The number of hydrazone groups is 1. The quantitative estimate of drug-likeness (QED) is 0.882. The van der Waals surface area contributed by atoms with E-state index < -0.39 is 6.04 Å². The van der Waals surface area contributed by atoms with Crippen LogP contribution in [0, 0.1) is 0 Å². The van der Waals surface area contributed by atoms with Crippen molar-refractivity contribution in [2.24, 2.45) is 15.3 Å². The van der Waals surface area contributed by atoms with Crippen molar-refractivity contribution in [2.45, 2.75) is 13.0 Å². The van der Waals surface area contributed by atoms with Crippen molar-refractivity contribution in [1.82, 2.24) is 0 Å². The highest BCUT2D eigenvalue weighted by Crippen LogP contribution is 2.23. The van der Waals surface area contributed by atoms with Gasteiger partial charge in [0.05, 0.1) is 17.1 Å². The number of amides is 1. The normalized spacial score (nSPS) is 18.0. The van der Waals surface area contributed by atoms with Crippen molar-refractivity contribution in [1.29, 1.82) is 0 Å². The zero-order chi connectivity index (χ0) is 15.5. The minimum absolute atomic E-state index is 0.156. The summed E-state index contributed by atoms with van der Waals surface area (Å²) in [6.07, 6.45) is 0. The second kappa shape index (κ2) is 5.77. The Morgan fingerprint density at radius 2 is 1.77 bits per heavy atom. The lowest BCUT2D eigenvalue weighted by Crippen LogP contribution is -2.29. The highest BCUT2D eigenvalue weighted by molar-refractivity contribution is 6.18. The molecule has 110 valence electrons. The van der Waals surface area contributed by atoms with E-state index in [-0.39, 0.29) is 11.7 Å². The predicted octanol–water partition coefficient (Wildman–Crippen LogP) is 3.27. The molecule has 0 bridgehead atoms. The number of carbonyl (C=O) groups is 1. The second-order valence-corrected chi connectivity index (χ2v) is 4.86. The molecule has 1 N–H and O–H groups in total. The Bertz CT molecular complexity index is 739. The summed E-state index contributed by atoms with van der Waals surface area (Å²) in [5.74, 6) is -0.0740. The van der Waals surface area contributed by atoms with Crippen molar-refractivity contribution in [2.75, 3.05) is 5.01 Å². The molecule has 0 spiro atoms. The number of carbonyl (C=O) groups excluding carboxylic acids is 1. The molecule has 0 fully saturated rings. The third-order valence-corrected chi connectivity index (χ3v) is 3.24. The molecule has 3 rings (SSSR count). The van der Waals surface area contributed by atoms with E-state index in [1.807, 2.05) is 30.3 Å². The monoisotopic (exact) mass is 294 g/mol. The minimum atomic E-state index is -0.714. The number of para-hydroxylation sites is 1. The lowest BCUT2D eigenvalue weighted by atomic mass is 10.2. The Morgan fingerprint density at radius 3 is 2.45 bits per heavy atom. The highest BCUT2D eigenvalue weighted by Gasteiger charge is 2.34. The molecule has 0 aliphatic carbocycles. The van der Waals surface area contributed by atoms with Crippen LogP contribution >= 0.6 is 0 Å². The summed E-state index contributed by atoms with van der Waals surface area (Å²) in [5.41, 5.74) is 1.86. The van der Waals surface area contributed by atoms with Gasteiger partial charge in [-0.15, -0.1) is 0 Å². The summed E-state index contributed by atoms with van der Waals surface area (Å²) in [6, 6.07) is 14.8. The predicted molar refractivity (Wildman–Crippen MR) is 83.4 cm³/mol. The van der Waals surface area contributed by atoms with E-state index >= 15 is 0 Å². The molecule has 0 saturated heterocycles. The first-order valence-corrected chi connectivity index (χ1v) is 6.79. The van der Waals surface area contributed by atoms with Gasteiger partial charge in [0.15, 0.2) is 6.04 Å². The third kappa shape index (κ3) is 2.71. The number of phenols is 1. The summed E-state index contributed by atoms with van der Waals surface area (Å²) < 4.78 is 0. The van der Waals surface area contributed by atoms with E-state index in [1.54, 1.807) is 19.1 Å². The molecule has 1 heterocycles. The van der Waals surface area contributed by atoms with Gasteiger partial charge in [0.1, 0.15) is 5.75 Å². The van der Waals surface area contributed by atoms with E-state index in [9.17, 15) is 9.90 Å². The van der Waals surface area contributed by atoms with Gasteiger partial charge in [-0.05, 0) is 43.3 Å². The standard InChI is InChI=1S/C16H14N4O2/c1-11-15(18-17-12-7-9-14(21)10-8-12)16(22)20(19-11)13-5-3-2-4-6-13/h2-10,15,21H,1H3/t15-/m0/s1. The first kappa shape index (κ1) is 13.9. The van der Waals surface area contributed by atoms with Crippen molar-refractivity contribution >= 4 is 23.0 Å². The molecule has 6 heteroatoms. The number of rotatable bonds is 3. The van der Waals surface area contributed by atoms with E-state index in [2.05, 4.69) is 15.3 Å². The number of benzene rings is 2. The molecule has 1 amide bonds. The van der Waals surface area contributed by atoms with Gasteiger partial charge in [-0.25, -0.2) is 0 Å². The van der Waals surface area contributed by atoms with Crippen LogP contribution in [0.25, 0.3) is 0 Å². The van der Waals surface area contributed by atoms with Gasteiger partial charge in [-0.2, -0.15) is 20.3 Å². The largest absolute Gasteiger partial charge is 0.508 e. The van der Waals surface area contributed by atoms with Crippen LogP contribution in [0.4, 0.5) is 11.4 Å². The van der Waals surface area contributed by atoms with Crippen LogP contribution in [0.5, 0.6) is 5.75 Å². The molecule has 0 unspecified atom stereocenters. The third-order valence-electron chi connectivity index (χ3n) is 3.24. The smallest absolute Gasteiger partial charge is 0.280 e. The number of nitrogens with zero attached hydrogens (tertiary/aromatic N) is 4. The van der Waals surface area contributed by atoms with Crippen molar-refractivity contribution < 1.29 is 9.90 Å². The molecule has 0 saturated carbocycles. The summed E-state index contributed by atoms with van der Waals surface area (Å²) in [6.45, 7) is 1.75. The van der Waals surface area contributed by atoms with Crippen LogP contribution in [0.15, 0.2) is 69.9 Å². The average Bonchev–Trinajstić information content (AvgIpc) is 2.82. The Morgan fingerprint density at radius 1 is 1.09 bits per heavy atom. The van der Waals surface area contributed by atoms with Gasteiger partial charge in [0.2, 0.25) is 0 Å². The highest BCUT2D eigenvalue weighted by atomic mass is 16.3. The van der Waals surface area contributed by atoms with Crippen LogP contribution < -0.4 is 5.01 Å². The summed E-state index contributed by atoms with van der Waals surface area (Å²) >= 11 is 0. The van der Waals surface area contributed by atoms with Crippen LogP contribution in [0.3, 0.4) is 0 Å². The van der Waals surface area contributed by atoms with Crippen LogP contribution in [-0.2, 0) is 4.79 Å².